The van der Waals surface area contributed by atoms with Crippen LogP contribution in [0.2, 0.25) is 0 Å². The highest BCUT2D eigenvalue weighted by atomic mass is 127. The van der Waals surface area contributed by atoms with E-state index in [2.05, 4.69) is 38.4 Å². The molecule has 0 saturated heterocycles. The van der Waals surface area contributed by atoms with E-state index in [0.29, 0.717) is 29.6 Å². The largest absolute Gasteiger partial charge is 0.475 e. The molecule has 0 spiro atoms. The van der Waals surface area contributed by atoms with Gasteiger partial charge in [-0.05, 0) is 40.6 Å². The fourth-order valence-corrected chi connectivity index (χ4v) is 4.71. The summed E-state index contributed by atoms with van der Waals surface area (Å²) in [6.45, 7) is 0.835. The average molecular weight is 457 g/mol. The lowest BCUT2D eigenvalue weighted by Gasteiger charge is -2.12. The van der Waals surface area contributed by atoms with Crippen molar-refractivity contribution >= 4 is 49.2 Å². The van der Waals surface area contributed by atoms with Gasteiger partial charge in [0.25, 0.3) is 0 Å². The monoisotopic (exact) mass is 457 g/mol. The number of nitrogens with zero attached hydrogens (tertiary/aromatic N) is 3. The fraction of sp³-hybridized carbons (Fsp3) is 0.188. The van der Waals surface area contributed by atoms with Crippen LogP contribution in [0.5, 0.6) is 5.88 Å². The predicted molar refractivity (Wildman–Crippen MR) is 103 cm³/mol. The number of aromatic nitrogens is 3. The van der Waals surface area contributed by atoms with Crippen LogP contribution in [-0.4, -0.2) is 44.3 Å². The topological polar surface area (TPSA) is 66.2 Å². The summed E-state index contributed by atoms with van der Waals surface area (Å²) in [6.07, 6.45) is 3.17. The minimum atomic E-state index is -2.75. The molecular formula is C16H16IN3O3S. The smallest absolute Gasteiger partial charge is 0.227 e. The molecule has 3 aromatic rings. The molecule has 0 N–H and O–H groups in total. The first-order valence-electron chi connectivity index (χ1n) is 7.12. The molecule has 0 radical (unpaired) electrons. The van der Waals surface area contributed by atoms with E-state index in [4.69, 9.17) is 9.47 Å². The minimum absolute atomic E-state index is 0.377. The van der Waals surface area contributed by atoms with Gasteiger partial charge in [0.05, 0.1) is 26.6 Å². The summed E-state index contributed by atoms with van der Waals surface area (Å²) in [5, 5.41) is 0.724. The van der Waals surface area contributed by atoms with Gasteiger partial charge in [0.1, 0.15) is 12.9 Å². The molecule has 0 amide bonds. The van der Waals surface area contributed by atoms with Crippen LogP contribution in [0.1, 0.15) is 0 Å². The Hall–Kier alpha value is -1.65. The van der Waals surface area contributed by atoms with Gasteiger partial charge in [0.2, 0.25) is 5.88 Å². The fourth-order valence-electron chi connectivity index (χ4n) is 2.27. The summed E-state index contributed by atoms with van der Waals surface area (Å²) in [5.41, 5.74) is 0.533. The highest BCUT2D eigenvalue weighted by Crippen LogP contribution is 2.30. The summed E-state index contributed by atoms with van der Waals surface area (Å²) in [6, 6.07) is 9.15. The Morgan fingerprint density at radius 3 is 2.71 bits per heavy atom. The first-order chi connectivity index (χ1) is 11.6. The van der Waals surface area contributed by atoms with Gasteiger partial charge in [-0.3, -0.25) is 3.97 Å². The first kappa shape index (κ1) is 17.2. The number of benzene rings is 1. The molecule has 3 rings (SSSR count). The molecule has 8 heteroatoms. The van der Waals surface area contributed by atoms with Crippen molar-refractivity contribution in [3.63, 3.8) is 0 Å². The lowest BCUT2D eigenvalue weighted by Crippen LogP contribution is -2.12. The Balaban J connectivity index is 2.13. The van der Waals surface area contributed by atoms with E-state index in [9.17, 15) is 4.21 Å². The number of hydrogen-bond acceptors (Lipinski definition) is 5. The third kappa shape index (κ3) is 3.13. The Morgan fingerprint density at radius 2 is 2.00 bits per heavy atom. The van der Waals surface area contributed by atoms with Crippen LogP contribution in [-0.2, 0) is 14.4 Å². The number of hydrogen-bond donors (Lipinski definition) is 0. The molecule has 126 valence electrons. The zero-order valence-corrected chi connectivity index (χ0v) is 16.0. The van der Waals surface area contributed by atoms with E-state index in [1.54, 1.807) is 29.4 Å². The van der Waals surface area contributed by atoms with Crippen LogP contribution in [0.3, 0.4) is 0 Å². The highest BCUT2D eigenvalue weighted by molar-refractivity contribution is 14.1. The highest BCUT2D eigenvalue weighted by Gasteiger charge is 2.20. The van der Waals surface area contributed by atoms with Gasteiger partial charge in [-0.1, -0.05) is 18.2 Å². The summed E-state index contributed by atoms with van der Waals surface area (Å²) in [7, 11) is -1.14. The number of fused-ring (bicyclic) bond motifs is 1. The van der Waals surface area contributed by atoms with Crippen molar-refractivity contribution in [3.8, 4) is 5.88 Å². The van der Waals surface area contributed by atoms with Crippen molar-refractivity contribution in [2.75, 3.05) is 20.3 Å². The Morgan fingerprint density at radius 1 is 1.25 bits per heavy atom. The molecule has 0 saturated carbocycles. The molecule has 0 aliphatic rings. The summed E-state index contributed by atoms with van der Waals surface area (Å²) >= 11 is 2.16. The maximum absolute atomic E-state index is 13.3. The predicted octanol–water partition coefficient (Wildman–Crippen LogP) is 2.60. The van der Waals surface area contributed by atoms with Crippen molar-refractivity contribution in [3.05, 3.63) is 46.4 Å². The van der Waals surface area contributed by atoms with Gasteiger partial charge in [-0.2, -0.15) is 0 Å². The van der Waals surface area contributed by atoms with E-state index in [-0.39, 0.29) is 0 Å². The van der Waals surface area contributed by atoms with Crippen molar-refractivity contribution in [2.45, 2.75) is 4.90 Å². The number of halogens is 1. The van der Waals surface area contributed by atoms with Gasteiger partial charge in [0.15, 0.2) is 5.65 Å². The molecule has 1 unspecified atom stereocenters. The molecule has 2 aromatic heterocycles. The van der Waals surface area contributed by atoms with Crippen LogP contribution in [0.25, 0.3) is 11.0 Å². The second-order valence-electron chi connectivity index (χ2n) is 4.98. The van der Waals surface area contributed by atoms with Crippen LogP contribution < -0.4 is 4.74 Å². The molecule has 24 heavy (non-hydrogen) atoms. The van der Waals surface area contributed by atoms with Gasteiger partial charge >= 0.3 is 0 Å². The standard InChI is InChI=1S/C16H16IN3O3S/c1-22-8-9-23-16-14-13(17)10-20(15(14)18-11-19-16)24(2,21)12-6-4-3-5-7-12/h3-7,10-11H,2,8-9H2,1H3. The van der Waals surface area contributed by atoms with Gasteiger partial charge in [-0.25, -0.2) is 14.2 Å². The van der Waals surface area contributed by atoms with E-state index in [1.165, 1.54) is 6.33 Å². The zero-order valence-electron chi connectivity index (χ0n) is 13.0. The third-order valence-electron chi connectivity index (χ3n) is 3.43. The molecule has 0 aliphatic carbocycles. The molecule has 1 atom stereocenters. The molecule has 0 fully saturated rings. The molecule has 0 bridgehead atoms. The van der Waals surface area contributed by atoms with Crippen molar-refractivity contribution in [2.24, 2.45) is 0 Å². The third-order valence-corrected chi connectivity index (χ3v) is 6.17. The molecular weight excluding hydrogens is 441 g/mol. The maximum atomic E-state index is 13.3. The molecule has 2 heterocycles. The average Bonchev–Trinajstić information content (AvgIpc) is 2.95. The van der Waals surface area contributed by atoms with E-state index in [0.717, 1.165) is 8.96 Å². The second-order valence-corrected chi connectivity index (χ2v) is 8.28. The van der Waals surface area contributed by atoms with E-state index >= 15 is 0 Å². The second kappa shape index (κ2) is 7.08. The minimum Gasteiger partial charge on any atom is -0.475 e. The SMILES string of the molecule is C=S(=O)(c1ccccc1)n1cc(I)c2c(OCCOC)ncnc21. The molecule has 0 aliphatic heterocycles. The number of methoxy groups -OCH3 is 1. The van der Waals surface area contributed by atoms with Crippen molar-refractivity contribution in [1.29, 1.82) is 0 Å². The van der Waals surface area contributed by atoms with Crippen LogP contribution in [0.15, 0.2) is 47.8 Å². The lowest BCUT2D eigenvalue weighted by molar-refractivity contribution is 0.144. The van der Waals surface area contributed by atoms with Crippen molar-refractivity contribution in [1.82, 2.24) is 13.9 Å². The van der Waals surface area contributed by atoms with E-state index < -0.39 is 9.71 Å². The lowest BCUT2D eigenvalue weighted by atomic mass is 10.4. The summed E-state index contributed by atoms with van der Waals surface area (Å²) in [4.78, 5) is 9.12. The number of rotatable bonds is 6. The van der Waals surface area contributed by atoms with Crippen molar-refractivity contribution < 1.29 is 13.7 Å². The zero-order chi connectivity index (χ0) is 17.2. The summed E-state index contributed by atoms with van der Waals surface area (Å²) in [5.74, 6) is 4.39. The molecule has 6 nitrogen and oxygen atoms in total. The van der Waals surface area contributed by atoms with Gasteiger partial charge < -0.3 is 9.47 Å². The Bertz CT molecular complexity index is 955. The van der Waals surface area contributed by atoms with Crippen LogP contribution in [0.4, 0.5) is 0 Å². The Kier molecular flexibility index (Phi) is 5.07. The first-order valence-corrected chi connectivity index (χ1v) is 9.88. The number of ether oxygens (including phenoxy) is 2. The Labute approximate surface area is 154 Å². The maximum Gasteiger partial charge on any atom is 0.227 e. The van der Waals surface area contributed by atoms with E-state index in [1.807, 2.05) is 18.2 Å². The van der Waals surface area contributed by atoms with Crippen LogP contribution in [0, 0.1) is 3.57 Å². The normalized spacial score (nSPS) is 13.8. The molecule has 1 aromatic carbocycles. The quantitative estimate of drug-likeness (QED) is 0.324. The van der Waals surface area contributed by atoms with Gasteiger partial charge in [-0.15, -0.1) is 0 Å². The van der Waals surface area contributed by atoms with Crippen LogP contribution >= 0.6 is 22.6 Å². The summed E-state index contributed by atoms with van der Waals surface area (Å²) < 4.78 is 26.4. The van der Waals surface area contributed by atoms with Gasteiger partial charge in [0, 0.05) is 16.9 Å².